The summed E-state index contributed by atoms with van der Waals surface area (Å²) in [6.07, 6.45) is 4.45. The zero-order valence-corrected chi connectivity index (χ0v) is 13.3. The van der Waals surface area contributed by atoms with E-state index in [1.807, 2.05) is 32.2 Å². The first-order chi connectivity index (χ1) is 10.5. The minimum Gasteiger partial charge on any atom is -0.322 e. The SMILES string of the molecule is Cc1cc(C)cc(NC(=O)c2cncc3c2CCN(C)C3)c1. The highest BCUT2D eigenvalue weighted by Crippen LogP contribution is 2.22. The van der Waals surface area contributed by atoms with E-state index >= 15 is 0 Å². The molecule has 0 aliphatic carbocycles. The molecule has 0 radical (unpaired) electrons. The van der Waals surface area contributed by atoms with Crippen molar-refractivity contribution in [1.29, 1.82) is 0 Å². The van der Waals surface area contributed by atoms with Crippen LogP contribution in [0.5, 0.6) is 0 Å². The van der Waals surface area contributed by atoms with Gasteiger partial charge in [0.2, 0.25) is 0 Å². The molecule has 114 valence electrons. The van der Waals surface area contributed by atoms with E-state index < -0.39 is 0 Å². The Morgan fingerprint density at radius 2 is 1.91 bits per heavy atom. The van der Waals surface area contributed by atoms with E-state index in [0.717, 1.165) is 47.5 Å². The number of benzene rings is 1. The number of nitrogens with one attached hydrogen (secondary N) is 1. The van der Waals surface area contributed by atoms with Crippen molar-refractivity contribution in [2.24, 2.45) is 0 Å². The van der Waals surface area contributed by atoms with Crippen molar-refractivity contribution in [2.45, 2.75) is 26.8 Å². The summed E-state index contributed by atoms with van der Waals surface area (Å²) in [4.78, 5) is 19.1. The zero-order chi connectivity index (χ0) is 15.7. The predicted molar refractivity (Wildman–Crippen MR) is 88.1 cm³/mol. The van der Waals surface area contributed by atoms with Gasteiger partial charge >= 0.3 is 0 Å². The summed E-state index contributed by atoms with van der Waals surface area (Å²) in [7, 11) is 2.09. The number of carbonyl (C=O) groups excluding carboxylic acids is 1. The fourth-order valence-corrected chi connectivity index (χ4v) is 3.08. The maximum Gasteiger partial charge on any atom is 0.257 e. The van der Waals surface area contributed by atoms with Crippen molar-refractivity contribution in [3.63, 3.8) is 0 Å². The molecule has 0 saturated heterocycles. The van der Waals surface area contributed by atoms with E-state index in [1.54, 1.807) is 6.20 Å². The molecule has 1 aliphatic rings. The average molecular weight is 295 g/mol. The van der Waals surface area contributed by atoms with Crippen LogP contribution in [0.3, 0.4) is 0 Å². The highest BCUT2D eigenvalue weighted by atomic mass is 16.1. The number of hydrogen-bond acceptors (Lipinski definition) is 3. The van der Waals surface area contributed by atoms with Crippen molar-refractivity contribution in [2.75, 3.05) is 18.9 Å². The van der Waals surface area contributed by atoms with E-state index in [2.05, 4.69) is 28.3 Å². The normalized spacial score (nSPS) is 14.5. The zero-order valence-electron chi connectivity index (χ0n) is 13.3. The number of aromatic nitrogens is 1. The van der Waals surface area contributed by atoms with E-state index in [4.69, 9.17) is 0 Å². The van der Waals surface area contributed by atoms with Crippen molar-refractivity contribution < 1.29 is 4.79 Å². The molecule has 0 bridgehead atoms. The molecule has 1 aromatic carbocycles. The number of nitrogens with zero attached hydrogens (tertiary/aromatic N) is 2. The van der Waals surface area contributed by atoms with Crippen LogP contribution in [0.4, 0.5) is 5.69 Å². The molecule has 1 N–H and O–H groups in total. The number of carbonyl (C=O) groups is 1. The fraction of sp³-hybridized carbons (Fsp3) is 0.333. The second-order valence-corrected chi connectivity index (χ2v) is 6.14. The highest BCUT2D eigenvalue weighted by Gasteiger charge is 2.20. The molecule has 0 unspecified atom stereocenters. The summed E-state index contributed by atoms with van der Waals surface area (Å²) in [6.45, 7) is 5.89. The Labute approximate surface area is 131 Å². The molecule has 1 amide bonds. The van der Waals surface area contributed by atoms with Crippen LogP contribution in [-0.4, -0.2) is 29.4 Å². The lowest BCUT2D eigenvalue weighted by molar-refractivity contribution is 0.102. The molecule has 1 aliphatic heterocycles. The van der Waals surface area contributed by atoms with Crippen LogP contribution in [0, 0.1) is 13.8 Å². The fourth-order valence-electron chi connectivity index (χ4n) is 3.08. The number of likely N-dealkylation sites (N-methyl/N-ethyl adjacent to an activating group) is 1. The summed E-state index contributed by atoms with van der Waals surface area (Å²) in [6, 6.07) is 6.07. The molecule has 3 rings (SSSR count). The monoisotopic (exact) mass is 295 g/mol. The standard InChI is InChI=1S/C18H21N3O/c1-12-6-13(2)8-15(7-12)20-18(22)17-10-19-9-14-11-21(3)5-4-16(14)17/h6-10H,4-5,11H2,1-3H3,(H,20,22). The topological polar surface area (TPSA) is 45.2 Å². The van der Waals surface area contributed by atoms with Gasteiger partial charge in [-0.1, -0.05) is 6.07 Å². The average Bonchev–Trinajstić information content (AvgIpc) is 2.45. The molecule has 0 saturated carbocycles. The lowest BCUT2D eigenvalue weighted by Gasteiger charge is -2.26. The van der Waals surface area contributed by atoms with Gasteiger partial charge in [0.25, 0.3) is 5.91 Å². The third-order valence-electron chi connectivity index (χ3n) is 4.05. The minimum atomic E-state index is -0.0705. The second kappa shape index (κ2) is 5.89. The first-order valence-corrected chi connectivity index (χ1v) is 7.57. The number of aryl methyl sites for hydroxylation is 2. The Hall–Kier alpha value is -2.20. The highest BCUT2D eigenvalue weighted by molar-refractivity contribution is 6.05. The lowest BCUT2D eigenvalue weighted by Crippen LogP contribution is -2.29. The summed E-state index contributed by atoms with van der Waals surface area (Å²) >= 11 is 0. The Balaban J connectivity index is 1.88. The summed E-state index contributed by atoms with van der Waals surface area (Å²) in [5, 5.41) is 3.01. The van der Waals surface area contributed by atoms with Crippen LogP contribution in [-0.2, 0) is 13.0 Å². The largest absolute Gasteiger partial charge is 0.322 e. The molecule has 4 heteroatoms. The van der Waals surface area contributed by atoms with Crippen LogP contribution in [0.1, 0.15) is 32.6 Å². The third kappa shape index (κ3) is 3.02. The molecule has 2 heterocycles. The summed E-state index contributed by atoms with van der Waals surface area (Å²) in [5.74, 6) is -0.0705. The summed E-state index contributed by atoms with van der Waals surface area (Å²) in [5.41, 5.74) is 6.12. The second-order valence-electron chi connectivity index (χ2n) is 6.14. The number of amides is 1. The molecule has 0 fully saturated rings. The van der Waals surface area contributed by atoms with E-state index in [1.165, 1.54) is 0 Å². The molecular weight excluding hydrogens is 274 g/mol. The maximum atomic E-state index is 12.6. The van der Waals surface area contributed by atoms with E-state index in [-0.39, 0.29) is 5.91 Å². The van der Waals surface area contributed by atoms with Gasteiger partial charge in [-0.25, -0.2) is 0 Å². The summed E-state index contributed by atoms with van der Waals surface area (Å²) < 4.78 is 0. The van der Waals surface area contributed by atoms with Crippen LogP contribution in [0.25, 0.3) is 0 Å². The van der Waals surface area contributed by atoms with Crippen molar-refractivity contribution in [3.05, 3.63) is 58.4 Å². The van der Waals surface area contributed by atoms with Gasteiger partial charge in [0.15, 0.2) is 0 Å². The van der Waals surface area contributed by atoms with Gasteiger partial charge in [-0.05, 0) is 61.7 Å². The van der Waals surface area contributed by atoms with Gasteiger partial charge in [0, 0.05) is 31.2 Å². The maximum absolute atomic E-state index is 12.6. The van der Waals surface area contributed by atoms with Gasteiger partial charge in [-0.2, -0.15) is 0 Å². The van der Waals surface area contributed by atoms with Crippen molar-refractivity contribution >= 4 is 11.6 Å². The van der Waals surface area contributed by atoms with Crippen molar-refractivity contribution in [3.8, 4) is 0 Å². The smallest absolute Gasteiger partial charge is 0.257 e. The molecule has 0 spiro atoms. The van der Waals surface area contributed by atoms with E-state index in [9.17, 15) is 4.79 Å². The first kappa shape index (κ1) is 14.7. The number of pyridine rings is 1. The molecular formula is C18H21N3O. The Bertz CT molecular complexity index is 704. The van der Waals surface area contributed by atoms with Gasteiger partial charge in [0.05, 0.1) is 5.56 Å². The quantitative estimate of drug-likeness (QED) is 0.926. The van der Waals surface area contributed by atoms with Gasteiger partial charge in [-0.3, -0.25) is 9.78 Å². The Morgan fingerprint density at radius 1 is 1.18 bits per heavy atom. The first-order valence-electron chi connectivity index (χ1n) is 7.57. The number of fused-ring (bicyclic) bond motifs is 1. The van der Waals surface area contributed by atoms with E-state index in [0.29, 0.717) is 5.56 Å². The van der Waals surface area contributed by atoms with Crippen molar-refractivity contribution in [1.82, 2.24) is 9.88 Å². The molecule has 2 aromatic rings. The van der Waals surface area contributed by atoms with Gasteiger partial charge < -0.3 is 10.2 Å². The van der Waals surface area contributed by atoms with Gasteiger partial charge in [-0.15, -0.1) is 0 Å². The third-order valence-corrected chi connectivity index (χ3v) is 4.05. The Kier molecular flexibility index (Phi) is 3.94. The molecule has 1 aromatic heterocycles. The molecule has 4 nitrogen and oxygen atoms in total. The number of rotatable bonds is 2. The number of hydrogen-bond donors (Lipinski definition) is 1. The lowest BCUT2D eigenvalue weighted by atomic mass is 9.97. The van der Waals surface area contributed by atoms with Crippen LogP contribution < -0.4 is 5.32 Å². The predicted octanol–water partition coefficient (Wildman–Crippen LogP) is 2.94. The van der Waals surface area contributed by atoms with Gasteiger partial charge in [0.1, 0.15) is 0 Å². The minimum absolute atomic E-state index is 0.0705. The molecule has 22 heavy (non-hydrogen) atoms. The van der Waals surface area contributed by atoms with Crippen LogP contribution in [0.2, 0.25) is 0 Å². The molecule has 0 atom stereocenters. The number of anilines is 1. The Morgan fingerprint density at radius 3 is 2.64 bits per heavy atom. The van der Waals surface area contributed by atoms with Crippen LogP contribution in [0.15, 0.2) is 30.6 Å². The van der Waals surface area contributed by atoms with Crippen LogP contribution >= 0.6 is 0 Å².